The van der Waals surface area contributed by atoms with Crippen LogP contribution in [0.1, 0.15) is 32.5 Å². The number of rotatable bonds is 3. The minimum Gasteiger partial charge on any atom is -0.368 e. The molecule has 0 radical (unpaired) electrons. The lowest BCUT2D eigenvalue weighted by Gasteiger charge is -2.09. The zero-order valence-corrected chi connectivity index (χ0v) is 9.21. The molecule has 1 atom stereocenters. The molecule has 0 amide bonds. The monoisotopic (exact) mass is 215 g/mol. The maximum atomic E-state index is 5.74. The molecule has 14 heavy (non-hydrogen) atoms. The molecule has 1 rings (SSSR count). The molecule has 0 aliphatic heterocycles. The van der Waals surface area contributed by atoms with Gasteiger partial charge in [0.05, 0.1) is 0 Å². The lowest BCUT2D eigenvalue weighted by Crippen LogP contribution is -2.14. The average molecular weight is 216 g/mol. The molecular weight excluding hydrogens is 202 g/mol. The van der Waals surface area contributed by atoms with Crippen LogP contribution in [0.3, 0.4) is 0 Å². The number of alkyl halides is 1. The van der Waals surface area contributed by atoms with Crippen LogP contribution >= 0.6 is 11.6 Å². The molecule has 0 aromatic carbocycles. The highest BCUT2D eigenvalue weighted by atomic mass is 35.5. The van der Waals surface area contributed by atoms with E-state index in [1.54, 1.807) is 6.92 Å². The smallest absolute Gasteiger partial charge is 0.228 e. The number of nitrogens with zero attached hydrogens (tertiary/aromatic N) is 3. The summed E-state index contributed by atoms with van der Waals surface area (Å²) in [5.41, 5.74) is 5.29. The fraction of sp³-hybridized carbons (Fsp3) is 0.625. The van der Waals surface area contributed by atoms with Crippen molar-refractivity contribution in [2.24, 2.45) is 0 Å². The largest absolute Gasteiger partial charge is 0.368 e. The second-order valence-corrected chi connectivity index (χ2v) is 3.95. The van der Waals surface area contributed by atoms with Crippen LogP contribution in [-0.4, -0.2) is 20.5 Å². The van der Waals surface area contributed by atoms with E-state index in [9.17, 15) is 0 Å². The van der Waals surface area contributed by atoms with Crippen LogP contribution in [0.2, 0.25) is 0 Å². The van der Waals surface area contributed by atoms with Crippen molar-refractivity contribution < 1.29 is 0 Å². The summed E-state index contributed by atoms with van der Waals surface area (Å²) in [6, 6.07) is 0. The van der Waals surface area contributed by atoms with Gasteiger partial charge in [-0.3, -0.25) is 0 Å². The quantitative estimate of drug-likeness (QED) is 0.591. The van der Waals surface area contributed by atoms with Crippen molar-refractivity contribution in [1.29, 1.82) is 0 Å². The molecule has 0 saturated heterocycles. The van der Waals surface area contributed by atoms with Crippen LogP contribution in [0.15, 0.2) is 0 Å². The summed E-state index contributed by atoms with van der Waals surface area (Å²) in [5.74, 6) is 1.51. The summed E-state index contributed by atoms with van der Waals surface area (Å²) >= 11 is 5.74. The Bertz CT molecular complexity index is 313. The summed E-state index contributed by atoms with van der Waals surface area (Å²) in [7, 11) is 0. The molecule has 1 heterocycles. The maximum Gasteiger partial charge on any atom is 0.228 e. The van der Waals surface area contributed by atoms with Gasteiger partial charge in [0.2, 0.25) is 11.9 Å². The second kappa shape index (κ2) is 4.41. The number of hydrogen-bond acceptors (Lipinski definition) is 5. The van der Waals surface area contributed by atoms with Crippen molar-refractivity contribution in [2.45, 2.75) is 32.2 Å². The lowest BCUT2D eigenvalue weighted by atomic mass is 10.2. The molecule has 0 aliphatic carbocycles. The molecule has 6 heteroatoms. The number of aromatic nitrogens is 3. The second-order valence-electron chi connectivity index (χ2n) is 3.29. The van der Waals surface area contributed by atoms with Gasteiger partial charge in [-0.25, -0.2) is 0 Å². The third-order valence-electron chi connectivity index (χ3n) is 1.51. The van der Waals surface area contributed by atoms with E-state index < -0.39 is 0 Å². The molecule has 0 fully saturated rings. The first kappa shape index (κ1) is 11.0. The van der Waals surface area contributed by atoms with Gasteiger partial charge in [-0.05, 0) is 6.92 Å². The third-order valence-corrected chi connectivity index (χ3v) is 1.62. The Morgan fingerprint density at radius 3 is 2.36 bits per heavy atom. The predicted octanol–water partition coefficient (Wildman–Crippen LogP) is 1.57. The van der Waals surface area contributed by atoms with Crippen molar-refractivity contribution in [3.05, 3.63) is 5.82 Å². The van der Waals surface area contributed by atoms with E-state index >= 15 is 0 Å². The lowest BCUT2D eigenvalue weighted by molar-refractivity contribution is 0.764. The number of hydrogen-bond donors (Lipinski definition) is 2. The van der Waals surface area contributed by atoms with E-state index in [0.29, 0.717) is 11.8 Å². The van der Waals surface area contributed by atoms with Crippen molar-refractivity contribution in [3.63, 3.8) is 0 Å². The van der Waals surface area contributed by atoms with Gasteiger partial charge in [-0.2, -0.15) is 15.0 Å². The van der Waals surface area contributed by atoms with E-state index in [4.69, 9.17) is 17.3 Å². The first-order valence-corrected chi connectivity index (χ1v) is 4.84. The number of anilines is 2. The van der Waals surface area contributed by atoms with Crippen LogP contribution in [-0.2, 0) is 0 Å². The molecule has 0 aliphatic rings. The van der Waals surface area contributed by atoms with Gasteiger partial charge in [-0.1, -0.05) is 25.4 Å². The van der Waals surface area contributed by atoms with Crippen molar-refractivity contribution in [2.75, 3.05) is 11.1 Å². The van der Waals surface area contributed by atoms with Crippen LogP contribution in [0.4, 0.5) is 11.9 Å². The minimum absolute atomic E-state index is 0.212. The fourth-order valence-electron chi connectivity index (χ4n) is 0.910. The zero-order valence-electron chi connectivity index (χ0n) is 8.45. The molecule has 3 N–H and O–H groups in total. The Kier molecular flexibility index (Phi) is 3.46. The van der Waals surface area contributed by atoms with Crippen molar-refractivity contribution >= 4 is 23.5 Å². The Morgan fingerprint density at radius 1 is 1.21 bits per heavy atom. The standard InChI is InChI=1S/C8H14ClN5/c1-4(2)6-12-7(10)14-8(13-6)11-5(3)9/h4-5H,1-3H3,(H3,10,11,12,13,14). The van der Waals surface area contributed by atoms with Gasteiger partial charge in [0, 0.05) is 5.92 Å². The van der Waals surface area contributed by atoms with Gasteiger partial charge in [-0.15, -0.1) is 0 Å². The molecule has 0 bridgehead atoms. The molecule has 1 unspecified atom stereocenters. The maximum absolute atomic E-state index is 5.74. The van der Waals surface area contributed by atoms with Crippen LogP contribution in [0.25, 0.3) is 0 Å². The highest BCUT2D eigenvalue weighted by Gasteiger charge is 2.08. The van der Waals surface area contributed by atoms with E-state index in [2.05, 4.69) is 20.3 Å². The molecule has 0 saturated carbocycles. The molecule has 0 spiro atoms. The summed E-state index contributed by atoms with van der Waals surface area (Å²) in [4.78, 5) is 12.1. The predicted molar refractivity (Wildman–Crippen MR) is 57.3 cm³/mol. The van der Waals surface area contributed by atoms with Gasteiger partial charge < -0.3 is 11.1 Å². The Balaban J connectivity index is 2.95. The zero-order chi connectivity index (χ0) is 10.7. The highest BCUT2D eigenvalue weighted by molar-refractivity contribution is 6.21. The molecular formula is C8H14ClN5. The van der Waals surface area contributed by atoms with Crippen LogP contribution < -0.4 is 11.1 Å². The first-order chi connectivity index (χ1) is 6.49. The minimum atomic E-state index is -0.239. The molecule has 1 aromatic rings. The van der Waals surface area contributed by atoms with Crippen LogP contribution in [0.5, 0.6) is 0 Å². The Morgan fingerprint density at radius 2 is 1.86 bits per heavy atom. The van der Waals surface area contributed by atoms with Gasteiger partial charge in [0.25, 0.3) is 0 Å². The average Bonchev–Trinajstić information content (AvgIpc) is 2.01. The molecule has 5 nitrogen and oxygen atoms in total. The van der Waals surface area contributed by atoms with E-state index in [-0.39, 0.29) is 17.4 Å². The highest BCUT2D eigenvalue weighted by Crippen LogP contribution is 2.12. The van der Waals surface area contributed by atoms with Gasteiger partial charge >= 0.3 is 0 Å². The van der Waals surface area contributed by atoms with Gasteiger partial charge in [0.15, 0.2) is 0 Å². The number of nitrogens with one attached hydrogen (secondary N) is 1. The summed E-state index contributed by atoms with van der Waals surface area (Å²) in [6.07, 6.45) is 0. The van der Waals surface area contributed by atoms with E-state index in [1.807, 2.05) is 13.8 Å². The Labute approximate surface area is 88.1 Å². The number of nitrogen functional groups attached to an aromatic ring is 1. The Hall–Kier alpha value is -1.10. The SMILES string of the molecule is CC(Cl)Nc1nc(N)nc(C(C)C)n1. The molecule has 1 aromatic heterocycles. The fourth-order valence-corrected chi connectivity index (χ4v) is 1.01. The third kappa shape index (κ3) is 2.99. The van der Waals surface area contributed by atoms with E-state index in [0.717, 1.165) is 0 Å². The molecule has 78 valence electrons. The summed E-state index contributed by atoms with van der Waals surface area (Å²) in [5, 5.41) is 2.86. The van der Waals surface area contributed by atoms with Crippen LogP contribution in [0, 0.1) is 0 Å². The van der Waals surface area contributed by atoms with E-state index in [1.165, 1.54) is 0 Å². The summed E-state index contributed by atoms with van der Waals surface area (Å²) in [6.45, 7) is 5.77. The summed E-state index contributed by atoms with van der Waals surface area (Å²) < 4.78 is 0. The number of nitrogens with two attached hydrogens (primary N) is 1. The first-order valence-electron chi connectivity index (χ1n) is 4.41. The van der Waals surface area contributed by atoms with Crippen molar-refractivity contribution in [1.82, 2.24) is 15.0 Å². The normalized spacial score (nSPS) is 12.9. The van der Waals surface area contributed by atoms with Crippen molar-refractivity contribution in [3.8, 4) is 0 Å². The number of halogens is 1. The van der Waals surface area contributed by atoms with Gasteiger partial charge in [0.1, 0.15) is 11.3 Å². The topological polar surface area (TPSA) is 76.7 Å².